The van der Waals surface area contributed by atoms with E-state index in [1.54, 1.807) is 30.3 Å². The molecular formula is C25H25N3O6S. The van der Waals surface area contributed by atoms with Crippen LogP contribution < -0.4 is 5.32 Å². The summed E-state index contributed by atoms with van der Waals surface area (Å²) >= 11 is 0. The fourth-order valence-electron chi connectivity index (χ4n) is 3.85. The number of nitrogens with zero attached hydrogens (tertiary/aromatic N) is 2. The van der Waals surface area contributed by atoms with Crippen LogP contribution >= 0.6 is 0 Å². The van der Waals surface area contributed by atoms with Crippen LogP contribution in [0.25, 0.3) is 10.8 Å². The molecule has 1 heterocycles. The summed E-state index contributed by atoms with van der Waals surface area (Å²) < 4.78 is 32.7. The molecule has 10 heteroatoms. The molecule has 1 aliphatic rings. The standard InChI is InChI=1S/C25H25N3O6S/c1-18(29)26-22-9-6-20(7-10-22)25(31)34-17-24(30)27-12-14-28(15-13-27)35(32,33)23-11-8-19-4-2-3-5-21(19)16-23/h2-11,16H,12-15,17H2,1H3,(H,26,29). The summed E-state index contributed by atoms with van der Waals surface area (Å²) in [5.74, 6) is -1.28. The van der Waals surface area contributed by atoms with Crippen LogP contribution in [0.5, 0.6) is 0 Å². The summed E-state index contributed by atoms with van der Waals surface area (Å²) in [4.78, 5) is 37.5. The highest BCUT2D eigenvalue weighted by molar-refractivity contribution is 7.89. The monoisotopic (exact) mass is 495 g/mol. The number of hydrogen-bond donors (Lipinski definition) is 1. The lowest BCUT2D eigenvalue weighted by atomic mass is 10.1. The highest BCUT2D eigenvalue weighted by Gasteiger charge is 2.30. The maximum Gasteiger partial charge on any atom is 0.338 e. The second kappa shape index (κ2) is 10.2. The van der Waals surface area contributed by atoms with Crippen molar-refractivity contribution in [3.05, 3.63) is 72.3 Å². The van der Waals surface area contributed by atoms with Crippen LogP contribution in [0.15, 0.2) is 71.6 Å². The van der Waals surface area contributed by atoms with Gasteiger partial charge in [0.2, 0.25) is 15.9 Å². The normalized spacial score (nSPS) is 14.5. The Morgan fingerprint density at radius 3 is 2.20 bits per heavy atom. The van der Waals surface area contributed by atoms with Crippen molar-refractivity contribution in [2.75, 3.05) is 38.1 Å². The molecule has 0 aliphatic carbocycles. The van der Waals surface area contributed by atoms with E-state index >= 15 is 0 Å². The number of ether oxygens (including phenoxy) is 1. The van der Waals surface area contributed by atoms with Crippen LogP contribution in [-0.4, -0.2) is 68.2 Å². The second-order valence-corrected chi connectivity index (χ2v) is 10.1. The molecule has 1 N–H and O–H groups in total. The zero-order valence-electron chi connectivity index (χ0n) is 19.1. The zero-order valence-corrected chi connectivity index (χ0v) is 20.0. The average molecular weight is 496 g/mol. The van der Waals surface area contributed by atoms with Crippen LogP contribution in [0.4, 0.5) is 5.69 Å². The smallest absolute Gasteiger partial charge is 0.338 e. The van der Waals surface area contributed by atoms with Crippen LogP contribution in [0.2, 0.25) is 0 Å². The Morgan fingerprint density at radius 1 is 0.886 bits per heavy atom. The average Bonchev–Trinajstić information content (AvgIpc) is 2.87. The van der Waals surface area contributed by atoms with E-state index in [0.717, 1.165) is 10.8 Å². The summed E-state index contributed by atoms with van der Waals surface area (Å²) in [5, 5.41) is 4.40. The Kier molecular flexibility index (Phi) is 7.13. The summed E-state index contributed by atoms with van der Waals surface area (Å²) in [6.45, 7) is 1.65. The van der Waals surface area contributed by atoms with Gasteiger partial charge in [0.25, 0.3) is 5.91 Å². The molecule has 182 valence electrons. The number of carbonyl (C=O) groups is 3. The first-order valence-corrected chi connectivity index (χ1v) is 12.5. The maximum atomic E-state index is 13.1. The number of sulfonamides is 1. The molecule has 0 atom stereocenters. The topological polar surface area (TPSA) is 113 Å². The molecule has 3 aromatic carbocycles. The molecule has 0 bridgehead atoms. The third kappa shape index (κ3) is 5.67. The van der Waals surface area contributed by atoms with Crippen molar-refractivity contribution >= 4 is 44.3 Å². The van der Waals surface area contributed by atoms with Crippen molar-refractivity contribution in [3.8, 4) is 0 Å². The number of hydrogen-bond acceptors (Lipinski definition) is 6. The molecule has 3 aromatic rings. The lowest BCUT2D eigenvalue weighted by molar-refractivity contribution is -0.135. The molecule has 0 unspecified atom stereocenters. The van der Waals surface area contributed by atoms with Crippen molar-refractivity contribution < 1.29 is 27.5 Å². The molecule has 0 spiro atoms. The molecular weight excluding hydrogens is 470 g/mol. The Labute approximate surface area is 203 Å². The zero-order chi connectivity index (χ0) is 25.0. The van der Waals surface area contributed by atoms with Crippen LogP contribution in [0.3, 0.4) is 0 Å². The quantitative estimate of drug-likeness (QED) is 0.526. The number of benzene rings is 3. The molecule has 0 radical (unpaired) electrons. The Morgan fingerprint density at radius 2 is 1.54 bits per heavy atom. The molecule has 4 rings (SSSR count). The van der Waals surface area contributed by atoms with Gasteiger partial charge in [-0.15, -0.1) is 0 Å². The number of carbonyl (C=O) groups excluding carboxylic acids is 3. The fraction of sp³-hybridized carbons (Fsp3) is 0.240. The van der Waals surface area contributed by atoms with Crippen molar-refractivity contribution in [3.63, 3.8) is 0 Å². The molecule has 1 saturated heterocycles. The highest BCUT2D eigenvalue weighted by Crippen LogP contribution is 2.23. The van der Waals surface area contributed by atoms with Crippen molar-refractivity contribution in [1.29, 1.82) is 0 Å². The van der Waals surface area contributed by atoms with Gasteiger partial charge in [-0.05, 0) is 47.2 Å². The van der Waals surface area contributed by atoms with Gasteiger partial charge in [-0.25, -0.2) is 13.2 Å². The van der Waals surface area contributed by atoms with Gasteiger partial charge in [-0.2, -0.15) is 4.31 Å². The second-order valence-electron chi connectivity index (χ2n) is 8.13. The van der Waals surface area contributed by atoms with Gasteiger partial charge < -0.3 is 15.0 Å². The number of piperazine rings is 1. The minimum absolute atomic E-state index is 0.152. The summed E-state index contributed by atoms with van der Waals surface area (Å²) in [7, 11) is -3.69. The lowest BCUT2D eigenvalue weighted by Crippen LogP contribution is -2.51. The first-order valence-electron chi connectivity index (χ1n) is 11.1. The molecule has 2 amide bonds. The van der Waals surface area contributed by atoms with E-state index < -0.39 is 28.5 Å². The van der Waals surface area contributed by atoms with Gasteiger partial charge in [-0.1, -0.05) is 30.3 Å². The molecule has 9 nitrogen and oxygen atoms in total. The van der Waals surface area contributed by atoms with Gasteiger partial charge in [0.15, 0.2) is 6.61 Å². The predicted octanol–water partition coefficient (Wildman–Crippen LogP) is 2.49. The largest absolute Gasteiger partial charge is 0.452 e. The van der Waals surface area contributed by atoms with E-state index in [2.05, 4.69) is 5.32 Å². The van der Waals surface area contributed by atoms with Crippen molar-refractivity contribution in [2.24, 2.45) is 0 Å². The Bertz CT molecular complexity index is 1360. The number of amides is 2. The van der Waals surface area contributed by atoms with E-state index in [4.69, 9.17) is 4.74 Å². The fourth-order valence-corrected chi connectivity index (χ4v) is 5.31. The number of rotatable bonds is 6. The van der Waals surface area contributed by atoms with Crippen molar-refractivity contribution in [2.45, 2.75) is 11.8 Å². The summed E-state index contributed by atoms with van der Waals surface area (Å²) in [5.41, 5.74) is 0.792. The SMILES string of the molecule is CC(=O)Nc1ccc(C(=O)OCC(=O)N2CCN(S(=O)(=O)c3ccc4ccccc4c3)CC2)cc1. The van der Waals surface area contributed by atoms with E-state index in [1.807, 2.05) is 24.3 Å². The minimum atomic E-state index is -3.69. The number of nitrogens with one attached hydrogen (secondary N) is 1. The molecule has 35 heavy (non-hydrogen) atoms. The molecule has 0 aromatic heterocycles. The minimum Gasteiger partial charge on any atom is -0.452 e. The molecule has 0 saturated carbocycles. The molecule has 1 fully saturated rings. The van der Waals surface area contributed by atoms with E-state index in [9.17, 15) is 22.8 Å². The number of fused-ring (bicyclic) bond motifs is 1. The Balaban J connectivity index is 1.30. The van der Waals surface area contributed by atoms with Gasteiger partial charge in [0, 0.05) is 38.8 Å². The number of anilines is 1. The first kappa shape index (κ1) is 24.4. The molecule has 1 aliphatic heterocycles. The number of esters is 1. The van der Waals surface area contributed by atoms with Gasteiger partial charge in [-0.3, -0.25) is 9.59 Å². The van der Waals surface area contributed by atoms with Crippen LogP contribution in [-0.2, 0) is 24.3 Å². The maximum absolute atomic E-state index is 13.1. The third-order valence-electron chi connectivity index (χ3n) is 5.72. The third-order valence-corrected chi connectivity index (χ3v) is 7.61. The predicted molar refractivity (Wildman–Crippen MR) is 130 cm³/mol. The van der Waals surface area contributed by atoms with Crippen LogP contribution in [0.1, 0.15) is 17.3 Å². The van der Waals surface area contributed by atoms with Gasteiger partial charge in [0.05, 0.1) is 10.5 Å². The summed E-state index contributed by atoms with van der Waals surface area (Å²) in [6.07, 6.45) is 0. The van der Waals surface area contributed by atoms with E-state index in [0.29, 0.717) is 5.69 Å². The van der Waals surface area contributed by atoms with E-state index in [1.165, 1.54) is 28.3 Å². The Hall–Kier alpha value is -3.76. The van der Waals surface area contributed by atoms with E-state index in [-0.39, 0.29) is 42.5 Å². The highest BCUT2D eigenvalue weighted by atomic mass is 32.2. The van der Waals surface area contributed by atoms with Crippen molar-refractivity contribution in [1.82, 2.24) is 9.21 Å². The van der Waals surface area contributed by atoms with Crippen LogP contribution in [0, 0.1) is 0 Å². The van der Waals surface area contributed by atoms with Gasteiger partial charge in [0.1, 0.15) is 0 Å². The summed E-state index contributed by atoms with van der Waals surface area (Å²) in [6, 6.07) is 18.7. The van der Waals surface area contributed by atoms with Gasteiger partial charge >= 0.3 is 5.97 Å². The lowest BCUT2D eigenvalue weighted by Gasteiger charge is -2.33. The first-order chi connectivity index (χ1) is 16.7.